The van der Waals surface area contributed by atoms with Crippen molar-refractivity contribution in [3.8, 4) is 0 Å². The van der Waals surface area contributed by atoms with Gasteiger partial charge in [0.2, 0.25) is 0 Å². The molecule has 5 nitrogen and oxygen atoms in total. The minimum Gasteiger partial charge on any atom is -0.306 e. The van der Waals surface area contributed by atoms with E-state index in [2.05, 4.69) is 9.97 Å². The summed E-state index contributed by atoms with van der Waals surface area (Å²) in [5.41, 5.74) is 2.94. The third-order valence-electron chi connectivity index (χ3n) is 3.76. The van der Waals surface area contributed by atoms with Gasteiger partial charge in [0.05, 0.1) is 0 Å². The summed E-state index contributed by atoms with van der Waals surface area (Å²) in [6.45, 7) is 1.34. The summed E-state index contributed by atoms with van der Waals surface area (Å²) in [5.74, 6) is -0.0188. The van der Waals surface area contributed by atoms with Crippen LogP contribution in [-0.2, 0) is 4.79 Å². The van der Waals surface area contributed by atoms with Gasteiger partial charge in [0, 0.05) is 60.1 Å². The van der Waals surface area contributed by atoms with Gasteiger partial charge in [0.25, 0.3) is 0 Å². The number of ketones is 1. The van der Waals surface area contributed by atoms with Crippen molar-refractivity contribution in [1.82, 2.24) is 19.8 Å². The van der Waals surface area contributed by atoms with E-state index in [-0.39, 0.29) is 5.78 Å². The Hall–Kier alpha value is -2.63. The maximum Gasteiger partial charge on any atom is 0.193 e. The van der Waals surface area contributed by atoms with Crippen molar-refractivity contribution in [3.63, 3.8) is 0 Å². The van der Waals surface area contributed by atoms with E-state index in [0.717, 1.165) is 11.1 Å². The van der Waals surface area contributed by atoms with E-state index in [1.165, 1.54) is 0 Å². The average molecular weight is 350 g/mol. The lowest BCUT2D eigenvalue weighted by Crippen LogP contribution is -2.15. The second kappa shape index (κ2) is 9.75. The predicted molar refractivity (Wildman–Crippen MR) is 107 cm³/mol. The number of aromatic nitrogens is 2. The Labute approximate surface area is 155 Å². The normalized spacial score (nSPS) is 12.7. The molecule has 0 saturated heterocycles. The molecule has 0 atom stereocenters. The van der Waals surface area contributed by atoms with Crippen LogP contribution >= 0.6 is 0 Å². The summed E-state index contributed by atoms with van der Waals surface area (Å²) in [4.78, 5) is 25.8. The van der Waals surface area contributed by atoms with Crippen molar-refractivity contribution in [2.75, 3.05) is 41.3 Å². The highest BCUT2D eigenvalue weighted by Gasteiger charge is 2.19. The molecule has 0 spiro atoms. The molecule has 0 radical (unpaired) electrons. The zero-order valence-electron chi connectivity index (χ0n) is 15.9. The summed E-state index contributed by atoms with van der Waals surface area (Å²) >= 11 is 0. The molecule has 5 heteroatoms. The van der Waals surface area contributed by atoms with Crippen molar-refractivity contribution in [2.24, 2.45) is 0 Å². The highest BCUT2D eigenvalue weighted by molar-refractivity contribution is 6.42. The molecule has 0 fully saturated rings. The van der Waals surface area contributed by atoms with Crippen LogP contribution in [0.3, 0.4) is 0 Å². The minimum atomic E-state index is -0.0188. The summed E-state index contributed by atoms with van der Waals surface area (Å²) < 4.78 is 0. The molecule has 0 amide bonds. The highest BCUT2D eigenvalue weighted by Crippen LogP contribution is 2.24. The van der Waals surface area contributed by atoms with Gasteiger partial charge < -0.3 is 9.80 Å². The highest BCUT2D eigenvalue weighted by atomic mass is 16.1. The topological polar surface area (TPSA) is 49.3 Å². The number of rotatable bonds is 8. The fourth-order valence-corrected chi connectivity index (χ4v) is 2.42. The number of hydrogen-bond acceptors (Lipinski definition) is 5. The van der Waals surface area contributed by atoms with Gasteiger partial charge in [-0.15, -0.1) is 0 Å². The van der Waals surface area contributed by atoms with Gasteiger partial charge in [-0.1, -0.05) is 24.3 Å². The Kier molecular flexibility index (Phi) is 7.38. The zero-order valence-corrected chi connectivity index (χ0v) is 15.9. The molecule has 0 N–H and O–H groups in total. The SMILES string of the molecule is CN(C)CC=C(C(=O)C(=CCN(C)C)c1cccnc1)c1cccnc1. The monoisotopic (exact) mass is 350 g/mol. The Morgan fingerprint density at radius 2 is 1.27 bits per heavy atom. The molecule has 0 unspecified atom stereocenters. The maximum absolute atomic E-state index is 13.4. The molecule has 2 aromatic heterocycles. The summed E-state index contributed by atoms with van der Waals surface area (Å²) in [7, 11) is 7.91. The van der Waals surface area contributed by atoms with E-state index in [0.29, 0.717) is 24.2 Å². The van der Waals surface area contributed by atoms with Gasteiger partial charge in [0.1, 0.15) is 0 Å². The largest absolute Gasteiger partial charge is 0.306 e. The molecule has 0 aromatic carbocycles. The van der Waals surface area contributed by atoms with Crippen LogP contribution in [0.2, 0.25) is 0 Å². The smallest absolute Gasteiger partial charge is 0.193 e. The van der Waals surface area contributed by atoms with Crippen LogP contribution in [0.1, 0.15) is 11.1 Å². The molecule has 0 aliphatic rings. The van der Waals surface area contributed by atoms with Crippen molar-refractivity contribution in [3.05, 3.63) is 72.3 Å². The number of nitrogens with zero attached hydrogens (tertiary/aromatic N) is 4. The van der Waals surface area contributed by atoms with Crippen molar-refractivity contribution in [1.29, 1.82) is 0 Å². The Morgan fingerprint density at radius 3 is 1.58 bits per heavy atom. The molecular formula is C21H26N4O. The average Bonchev–Trinajstić information content (AvgIpc) is 2.63. The van der Waals surface area contributed by atoms with E-state index in [1.807, 2.05) is 74.4 Å². The van der Waals surface area contributed by atoms with Gasteiger partial charge in [0.15, 0.2) is 5.78 Å². The molecule has 0 aliphatic carbocycles. The first-order valence-corrected chi connectivity index (χ1v) is 8.54. The number of pyridine rings is 2. The van der Waals surface area contributed by atoms with Crippen LogP contribution in [0.15, 0.2) is 61.2 Å². The number of carbonyl (C=O) groups is 1. The van der Waals surface area contributed by atoms with Crippen molar-refractivity contribution in [2.45, 2.75) is 0 Å². The second-order valence-corrected chi connectivity index (χ2v) is 6.57. The number of Topliss-reactive ketones (excluding diaryl/α,β-unsaturated/α-hetero) is 1. The molecule has 26 heavy (non-hydrogen) atoms. The summed E-state index contributed by atoms with van der Waals surface area (Å²) in [6.07, 6.45) is 10.8. The molecule has 0 aliphatic heterocycles. The van der Waals surface area contributed by atoms with Crippen LogP contribution < -0.4 is 0 Å². The molecule has 136 valence electrons. The molecule has 2 rings (SSSR count). The van der Waals surface area contributed by atoms with Gasteiger partial charge in [-0.05, 0) is 40.3 Å². The Bertz CT molecular complexity index is 700. The molecule has 2 heterocycles. The van der Waals surface area contributed by atoms with Gasteiger partial charge in [-0.2, -0.15) is 0 Å². The van der Waals surface area contributed by atoms with E-state index in [4.69, 9.17) is 0 Å². The lowest BCUT2D eigenvalue weighted by atomic mass is 9.93. The van der Waals surface area contributed by atoms with E-state index < -0.39 is 0 Å². The molecular weight excluding hydrogens is 324 g/mol. The van der Waals surface area contributed by atoms with Crippen LogP contribution in [0, 0.1) is 0 Å². The molecule has 0 bridgehead atoms. The second-order valence-electron chi connectivity index (χ2n) is 6.57. The fourth-order valence-electron chi connectivity index (χ4n) is 2.42. The number of carbonyl (C=O) groups excluding carboxylic acids is 1. The predicted octanol–water partition coefficient (Wildman–Crippen LogP) is 2.64. The molecule has 0 saturated carbocycles. The van der Waals surface area contributed by atoms with E-state index in [9.17, 15) is 4.79 Å². The van der Waals surface area contributed by atoms with Crippen LogP contribution in [0.25, 0.3) is 11.1 Å². The first kappa shape index (κ1) is 19.7. The van der Waals surface area contributed by atoms with Gasteiger partial charge >= 0.3 is 0 Å². The van der Waals surface area contributed by atoms with E-state index >= 15 is 0 Å². The van der Waals surface area contributed by atoms with Crippen LogP contribution in [-0.4, -0.2) is 66.8 Å². The summed E-state index contributed by atoms with van der Waals surface area (Å²) in [5, 5.41) is 0. The van der Waals surface area contributed by atoms with Gasteiger partial charge in [-0.25, -0.2) is 0 Å². The van der Waals surface area contributed by atoms with Gasteiger partial charge in [-0.3, -0.25) is 14.8 Å². The lowest BCUT2D eigenvalue weighted by molar-refractivity contribution is -0.108. The van der Waals surface area contributed by atoms with Crippen molar-refractivity contribution >= 4 is 16.9 Å². The number of allylic oxidation sites excluding steroid dienone is 2. The Morgan fingerprint density at radius 1 is 0.846 bits per heavy atom. The third-order valence-corrected chi connectivity index (χ3v) is 3.76. The minimum absolute atomic E-state index is 0.0188. The van der Waals surface area contributed by atoms with Crippen molar-refractivity contribution < 1.29 is 4.79 Å². The van der Waals surface area contributed by atoms with Crippen LogP contribution in [0.5, 0.6) is 0 Å². The quantitative estimate of drug-likeness (QED) is 0.685. The standard InChI is InChI=1S/C21H26N4O/c1-24(2)13-9-19(17-7-5-11-22-15-17)21(26)20(10-14-25(3)4)18-8-6-12-23-16-18/h5-12,15-16H,13-14H2,1-4H3. The first-order chi connectivity index (χ1) is 12.5. The summed E-state index contributed by atoms with van der Waals surface area (Å²) in [6, 6.07) is 7.52. The maximum atomic E-state index is 13.4. The number of hydrogen-bond donors (Lipinski definition) is 0. The lowest BCUT2D eigenvalue weighted by Gasteiger charge is -2.14. The number of likely N-dealkylation sites (N-methyl/N-ethyl adjacent to an activating group) is 2. The Balaban J connectivity index is 2.48. The van der Waals surface area contributed by atoms with Crippen LogP contribution in [0.4, 0.5) is 0 Å². The van der Waals surface area contributed by atoms with E-state index in [1.54, 1.807) is 24.8 Å². The third kappa shape index (κ3) is 5.72. The fraction of sp³-hybridized carbons (Fsp3) is 0.286. The zero-order chi connectivity index (χ0) is 18.9. The molecule has 2 aromatic rings. The first-order valence-electron chi connectivity index (χ1n) is 8.54.